The predicted octanol–water partition coefficient (Wildman–Crippen LogP) is 8.44. The van der Waals surface area contributed by atoms with Crippen LogP contribution in [0.15, 0.2) is 121 Å². The maximum atomic E-state index is 14.9. The minimum Gasteiger partial charge on any atom is -0.374 e. The highest BCUT2D eigenvalue weighted by Gasteiger charge is 2.54. The molecule has 0 spiro atoms. The standard InChI is InChI=1S/C51H63NO10/c1-3-4-5-6-7-20-29-56-51-44(52-36(2)53)48(57-32-38-23-14-9-15-24-38)47(43(61-51)35-55-31-37-21-12-8-13-22-37)60-42-30-41-34-59-50(40-27-18-11-19-28-40)62-46(41)49(45(42)54)58-33-39-25-16-10-17-26-39/h8-19,21-28,41-44,46-51H,3-7,20,29-35H2,1-2H3,(H,52,53)/t41-,42+,43-,44-,46-,47-,48-,49-,50-,51-/m1/s1. The molecule has 1 aliphatic carbocycles. The Kier molecular flexibility index (Phi) is 17.7. The molecule has 1 saturated carbocycles. The van der Waals surface area contributed by atoms with Gasteiger partial charge in [0.25, 0.3) is 0 Å². The Morgan fingerprint density at radius 1 is 0.694 bits per heavy atom. The van der Waals surface area contributed by atoms with Crippen LogP contribution < -0.4 is 5.32 Å². The number of fused-ring (bicyclic) bond motifs is 1. The van der Waals surface area contributed by atoms with Crippen LogP contribution in [0.3, 0.4) is 0 Å². The Morgan fingerprint density at radius 3 is 1.94 bits per heavy atom. The summed E-state index contributed by atoms with van der Waals surface area (Å²) in [4.78, 5) is 27.9. The van der Waals surface area contributed by atoms with Crippen molar-refractivity contribution in [2.45, 2.75) is 134 Å². The van der Waals surface area contributed by atoms with E-state index >= 15 is 0 Å². The van der Waals surface area contributed by atoms with Crippen molar-refractivity contribution < 1.29 is 47.5 Å². The van der Waals surface area contributed by atoms with Gasteiger partial charge in [0.1, 0.15) is 36.6 Å². The number of carbonyl (C=O) groups excluding carboxylic acids is 2. The number of hydrogen-bond acceptors (Lipinski definition) is 10. The summed E-state index contributed by atoms with van der Waals surface area (Å²) in [5.74, 6) is -0.730. The molecule has 0 radical (unpaired) electrons. The zero-order valence-electron chi connectivity index (χ0n) is 36.1. The van der Waals surface area contributed by atoms with Crippen LogP contribution in [0, 0.1) is 5.92 Å². The van der Waals surface area contributed by atoms with E-state index in [-0.39, 0.29) is 37.4 Å². The van der Waals surface area contributed by atoms with Crippen LogP contribution in [-0.4, -0.2) is 80.5 Å². The van der Waals surface area contributed by atoms with Gasteiger partial charge in [-0.05, 0) is 29.5 Å². The minimum absolute atomic E-state index is 0.111. The lowest BCUT2D eigenvalue weighted by atomic mass is 9.80. The van der Waals surface area contributed by atoms with Crippen molar-refractivity contribution in [3.63, 3.8) is 0 Å². The molecule has 2 saturated heterocycles. The third kappa shape index (κ3) is 12.9. The summed E-state index contributed by atoms with van der Waals surface area (Å²) >= 11 is 0. The first-order valence-electron chi connectivity index (χ1n) is 22.4. The Balaban J connectivity index is 1.17. The molecule has 0 unspecified atom stereocenters. The Labute approximate surface area is 366 Å². The molecule has 2 aliphatic heterocycles. The summed E-state index contributed by atoms with van der Waals surface area (Å²) in [6, 6.07) is 38.5. The van der Waals surface area contributed by atoms with Gasteiger partial charge in [-0.3, -0.25) is 9.59 Å². The van der Waals surface area contributed by atoms with Crippen molar-refractivity contribution in [3.05, 3.63) is 144 Å². The number of ketones is 1. The van der Waals surface area contributed by atoms with Gasteiger partial charge in [0.15, 0.2) is 18.4 Å². The lowest BCUT2D eigenvalue weighted by molar-refractivity contribution is -0.303. The van der Waals surface area contributed by atoms with Crippen LogP contribution in [0.5, 0.6) is 0 Å². The van der Waals surface area contributed by atoms with Crippen molar-refractivity contribution >= 4 is 11.7 Å². The topological polar surface area (TPSA) is 120 Å². The largest absolute Gasteiger partial charge is 0.374 e. The number of unbranched alkanes of at least 4 members (excludes halogenated alkanes) is 5. The Bertz CT molecular complexity index is 1900. The van der Waals surface area contributed by atoms with E-state index in [4.69, 9.17) is 37.9 Å². The second-order valence-corrected chi connectivity index (χ2v) is 16.6. The van der Waals surface area contributed by atoms with E-state index < -0.39 is 55.2 Å². The maximum absolute atomic E-state index is 14.9. The van der Waals surface area contributed by atoms with E-state index in [1.165, 1.54) is 26.2 Å². The minimum atomic E-state index is -0.949. The average molecular weight is 850 g/mol. The van der Waals surface area contributed by atoms with E-state index in [1.54, 1.807) is 0 Å². The fourth-order valence-corrected chi connectivity index (χ4v) is 8.54. The first kappa shape index (κ1) is 45.7. The van der Waals surface area contributed by atoms with Crippen LogP contribution in [0.2, 0.25) is 0 Å². The molecule has 10 atom stereocenters. The summed E-state index contributed by atoms with van der Waals surface area (Å²) in [6.45, 7) is 5.33. The van der Waals surface area contributed by atoms with E-state index in [9.17, 15) is 9.59 Å². The molecule has 4 aromatic rings. The quantitative estimate of drug-likeness (QED) is 0.0772. The first-order valence-corrected chi connectivity index (χ1v) is 22.4. The number of ether oxygens (including phenoxy) is 8. The second-order valence-electron chi connectivity index (χ2n) is 16.6. The molecular weight excluding hydrogens is 787 g/mol. The summed E-state index contributed by atoms with van der Waals surface area (Å²) in [5, 5.41) is 3.10. The fraction of sp³-hybridized carbons (Fsp3) is 0.490. The summed E-state index contributed by atoms with van der Waals surface area (Å²) in [6.07, 6.45) is 0.497. The molecule has 4 aromatic carbocycles. The summed E-state index contributed by atoms with van der Waals surface area (Å²) in [5.41, 5.74) is 3.74. The summed E-state index contributed by atoms with van der Waals surface area (Å²) < 4.78 is 53.0. The molecule has 3 fully saturated rings. The smallest absolute Gasteiger partial charge is 0.217 e. The van der Waals surface area contributed by atoms with Crippen molar-refractivity contribution in [3.8, 4) is 0 Å². The highest BCUT2D eigenvalue weighted by atomic mass is 16.7. The number of amides is 1. The molecule has 0 aromatic heterocycles. The van der Waals surface area contributed by atoms with Crippen LogP contribution in [0.4, 0.5) is 0 Å². The van der Waals surface area contributed by atoms with E-state index in [2.05, 4.69) is 12.2 Å². The second kappa shape index (κ2) is 24.0. The Hall–Kier alpha value is -4.30. The van der Waals surface area contributed by atoms with Crippen LogP contribution >= 0.6 is 0 Å². The number of nitrogens with one attached hydrogen (secondary N) is 1. The SMILES string of the molecule is CCCCCCCCO[C@@H]1O[C@H](COCc2ccccc2)[C@@H](O[C@H]2C[C@@H]3CO[C@@H](c4ccccc4)O[C@H]3[C@H](OCc3ccccc3)C2=O)[C@H](OCc2ccccc2)[C@H]1NC(C)=O. The highest BCUT2D eigenvalue weighted by molar-refractivity contribution is 5.89. The molecule has 62 heavy (non-hydrogen) atoms. The van der Waals surface area contributed by atoms with Gasteiger partial charge >= 0.3 is 0 Å². The average Bonchev–Trinajstić information content (AvgIpc) is 3.30. The van der Waals surface area contributed by atoms with Crippen LogP contribution in [0.25, 0.3) is 0 Å². The van der Waals surface area contributed by atoms with Crippen molar-refractivity contribution in [1.29, 1.82) is 0 Å². The molecular formula is C51H63NO10. The van der Waals surface area contributed by atoms with E-state index in [0.29, 0.717) is 26.2 Å². The molecule has 1 amide bonds. The molecule has 3 aliphatic rings. The third-order valence-electron chi connectivity index (χ3n) is 11.8. The zero-order valence-corrected chi connectivity index (χ0v) is 36.1. The van der Waals surface area contributed by atoms with Crippen LogP contribution in [-0.2, 0) is 67.3 Å². The molecule has 2 heterocycles. The molecule has 332 valence electrons. The van der Waals surface area contributed by atoms with Crippen molar-refractivity contribution in [2.75, 3.05) is 19.8 Å². The normalized spacial score (nSPS) is 27.4. The van der Waals surface area contributed by atoms with Crippen molar-refractivity contribution in [2.24, 2.45) is 5.92 Å². The lowest BCUT2D eigenvalue weighted by Crippen LogP contribution is -2.67. The molecule has 11 nitrogen and oxygen atoms in total. The highest BCUT2D eigenvalue weighted by Crippen LogP contribution is 2.40. The van der Waals surface area contributed by atoms with Gasteiger partial charge in [-0.1, -0.05) is 160 Å². The predicted molar refractivity (Wildman–Crippen MR) is 234 cm³/mol. The van der Waals surface area contributed by atoms with Gasteiger partial charge in [-0.2, -0.15) is 0 Å². The number of benzene rings is 4. The Morgan fingerprint density at radius 2 is 1.29 bits per heavy atom. The van der Waals surface area contributed by atoms with Gasteiger partial charge < -0.3 is 43.2 Å². The summed E-state index contributed by atoms with van der Waals surface area (Å²) in [7, 11) is 0. The fourth-order valence-electron chi connectivity index (χ4n) is 8.54. The monoisotopic (exact) mass is 849 g/mol. The number of Topliss-reactive ketones (excluding diaryl/α,β-unsaturated/α-hetero) is 1. The number of rotatable bonds is 22. The maximum Gasteiger partial charge on any atom is 0.217 e. The first-order chi connectivity index (χ1) is 30.5. The number of hydrogen-bond donors (Lipinski definition) is 1. The molecule has 7 rings (SSSR count). The molecule has 0 bridgehead atoms. The van der Waals surface area contributed by atoms with E-state index in [0.717, 1.165) is 41.5 Å². The van der Waals surface area contributed by atoms with Gasteiger partial charge in [0, 0.05) is 25.0 Å². The molecule has 11 heteroatoms. The lowest BCUT2D eigenvalue weighted by Gasteiger charge is -2.49. The van der Waals surface area contributed by atoms with Crippen molar-refractivity contribution in [1.82, 2.24) is 5.32 Å². The van der Waals surface area contributed by atoms with Gasteiger partial charge in [0.05, 0.1) is 39.1 Å². The zero-order chi connectivity index (χ0) is 42.9. The number of carbonyl (C=O) groups is 2. The van der Waals surface area contributed by atoms with Crippen LogP contribution in [0.1, 0.15) is 87.3 Å². The van der Waals surface area contributed by atoms with Gasteiger partial charge in [-0.25, -0.2) is 0 Å². The third-order valence-corrected chi connectivity index (χ3v) is 11.8. The van der Waals surface area contributed by atoms with E-state index in [1.807, 2.05) is 121 Å². The molecule has 1 N–H and O–H groups in total. The van der Waals surface area contributed by atoms with Gasteiger partial charge in [-0.15, -0.1) is 0 Å². The van der Waals surface area contributed by atoms with Gasteiger partial charge in [0.2, 0.25) is 5.91 Å².